The van der Waals surface area contributed by atoms with E-state index in [1.54, 1.807) is 7.05 Å². The van der Waals surface area contributed by atoms with Crippen molar-refractivity contribution in [1.82, 2.24) is 5.32 Å². The molecule has 1 amide bonds. The van der Waals surface area contributed by atoms with Crippen molar-refractivity contribution in [3.63, 3.8) is 0 Å². The number of carboxylic acid groups (broad SMARTS) is 1. The molecular weight excluding hydrogens is 252 g/mol. The zero-order valence-electron chi connectivity index (χ0n) is 10.1. The zero-order chi connectivity index (χ0) is 13.5. The Labute approximate surface area is 119 Å². The molecule has 0 saturated carbocycles. The van der Waals surface area contributed by atoms with Crippen molar-refractivity contribution in [2.24, 2.45) is 11.7 Å². The quantitative estimate of drug-likeness (QED) is 0.509. The first-order valence-electron chi connectivity index (χ1n) is 4.28. The molecule has 0 aliphatic carbocycles. The van der Waals surface area contributed by atoms with Crippen molar-refractivity contribution in [2.75, 3.05) is 7.05 Å². The van der Waals surface area contributed by atoms with Gasteiger partial charge in [-0.3, -0.25) is 4.79 Å². The number of nitrogens with one attached hydrogen (secondary N) is 1. The summed E-state index contributed by atoms with van der Waals surface area (Å²) < 4.78 is 31.5. The van der Waals surface area contributed by atoms with E-state index in [0.29, 0.717) is 0 Å². The van der Waals surface area contributed by atoms with Crippen molar-refractivity contribution >= 4 is 11.9 Å². The first-order valence-corrected chi connectivity index (χ1v) is 4.28. The molecule has 0 saturated heterocycles. The Morgan fingerprint density at radius 3 is 1.59 bits per heavy atom. The number of likely N-dealkylation sites (N-methyl/N-ethyl adjacent to an activating group) is 1. The number of carbonyl (C=O) groups excluding carboxylic acids is 2. The second kappa shape index (κ2) is 9.69. The average molecular weight is 266 g/mol. The molecular formula is C8H14F3N2NaO3. The minimum absolute atomic E-state index is 0. The van der Waals surface area contributed by atoms with Crippen LogP contribution in [0, 0.1) is 5.92 Å². The number of primary amides is 1. The van der Waals surface area contributed by atoms with Gasteiger partial charge in [-0.1, -0.05) is 13.8 Å². The number of carboxylic acids is 1. The van der Waals surface area contributed by atoms with Gasteiger partial charge in [0.15, 0.2) is 0 Å². The summed E-state index contributed by atoms with van der Waals surface area (Å²) in [4.78, 5) is 19.3. The summed E-state index contributed by atoms with van der Waals surface area (Å²) in [5, 5.41) is 11.6. The summed E-state index contributed by atoms with van der Waals surface area (Å²) in [6.45, 7) is 3.90. The second-order valence-corrected chi connectivity index (χ2v) is 3.20. The number of alkyl halides is 3. The summed E-state index contributed by atoms with van der Waals surface area (Å²) in [6, 6.07) is -0.190. The number of hydrogen-bond donors (Lipinski definition) is 2. The van der Waals surface area contributed by atoms with Crippen LogP contribution in [0.5, 0.6) is 0 Å². The number of halogens is 3. The number of hydrogen-bond acceptors (Lipinski definition) is 4. The van der Waals surface area contributed by atoms with Crippen molar-refractivity contribution in [3.05, 3.63) is 0 Å². The van der Waals surface area contributed by atoms with Crippen molar-refractivity contribution in [2.45, 2.75) is 26.1 Å². The van der Waals surface area contributed by atoms with Gasteiger partial charge < -0.3 is 21.0 Å². The zero-order valence-corrected chi connectivity index (χ0v) is 12.1. The molecule has 5 nitrogen and oxygen atoms in total. The molecule has 0 aromatic heterocycles. The first kappa shape index (κ1) is 21.9. The van der Waals surface area contributed by atoms with Gasteiger partial charge in [0.2, 0.25) is 5.91 Å². The number of amides is 1. The minimum atomic E-state index is -5.19. The number of carbonyl (C=O) groups is 2. The predicted molar refractivity (Wildman–Crippen MR) is 47.9 cm³/mol. The van der Waals surface area contributed by atoms with E-state index in [2.05, 4.69) is 5.32 Å². The molecule has 0 unspecified atom stereocenters. The van der Waals surface area contributed by atoms with E-state index in [9.17, 15) is 18.0 Å². The van der Waals surface area contributed by atoms with Gasteiger partial charge in [-0.2, -0.15) is 13.2 Å². The van der Waals surface area contributed by atoms with Gasteiger partial charge in [-0.15, -0.1) is 0 Å². The minimum Gasteiger partial charge on any atom is -0.542 e. The summed E-state index contributed by atoms with van der Waals surface area (Å²) >= 11 is 0. The summed E-state index contributed by atoms with van der Waals surface area (Å²) in [7, 11) is 1.73. The molecule has 0 radical (unpaired) electrons. The third kappa shape index (κ3) is 11.9. The van der Waals surface area contributed by atoms with Gasteiger partial charge in [-0.05, 0) is 13.0 Å². The molecule has 0 heterocycles. The number of nitrogens with two attached hydrogens (primary N) is 1. The fourth-order valence-corrected chi connectivity index (χ4v) is 0.804. The van der Waals surface area contributed by atoms with Crippen LogP contribution in [0.3, 0.4) is 0 Å². The van der Waals surface area contributed by atoms with Crippen LogP contribution in [0.1, 0.15) is 13.8 Å². The standard InChI is InChI=1S/C6H14N2O.C2HF3O2.Na/c1-4(2)5(8-3)6(7)9;3-2(4,5)1(6)7;/h4-5,8H,1-3H3,(H2,7,9);(H,6,7);/q;;+1/p-1/t5-;;/m0../s1. The normalized spacial score (nSPS) is 11.9. The third-order valence-electron chi connectivity index (χ3n) is 1.52. The van der Waals surface area contributed by atoms with Gasteiger partial charge in [0, 0.05) is 0 Å². The Hall–Kier alpha value is -0.310. The monoisotopic (exact) mass is 266 g/mol. The van der Waals surface area contributed by atoms with E-state index in [1.807, 2.05) is 13.8 Å². The van der Waals surface area contributed by atoms with E-state index in [0.717, 1.165) is 0 Å². The first-order chi connectivity index (χ1) is 7.03. The second-order valence-electron chi connectivity index (χ2n) is 3.20. The molecule has 9 heteroatoms. The Morgan fingerprint density at radius 1 is 1.29 bits per heavy atom. The SMILES string of the molecule is CN[C@H](C(N)=O)C(C)C.O=C([O-])C(F)(F)F.[Na+]. The molecule has 0 bridgehead atoms. The van der Waals surface area contributed by atoms with E-state index in [4.69, 9.17) is 15.6 Å². The molecule has 0 aromatic rings. The number of aliphatic carboxylic acids is 1. The maximum atomic E-state index is 10.5. The maximum Gasteiger partial charge on any atom is 1.00 e. The molecule has 96 valence electrons. The van der Waals surface area contributed by atoms with Crippen LogP contribution in [0.25, 0.3) is 0 Å². The maximum absolute atomic E-state index is 10.5. The Morgan fingerprint density at radius 2 is 1.59 bits per heavy atom. The van der Waals surface area contributed by atoms with Gasteiger partial charge in [-0.25, -0.2) is 0 Å². The Bertz CT molecular complexity index is 247. The molecule has 17 heavy (non-hydrogen) atoms. The molecule has 3 N–H and O–H groups in total. The van der Waals surface area contributed by atoms with E-state index in [1.165, 1.54) is 0 Å². The smallest absolute Gasteiger partial charge is 0.542 e. The van der Waals surface area contributed by atoms with E-state index >= 15 is 0 Å². The van der Waals surface area contributed by atoms with Crippen molar-refractivity contribution in [3.8, 4) is 0 Å². The fraction of sp³-hybridized carbons (Fsp3) is 0.750. The van der Waals surface area contributed by atoms with Crippen molar-refractivity contribution in [1.29, 1.82) is 0 Å². The van der Waals surface area contributed by atoms with Crippen LogP contribution >= 0.6 is 0 Å². The Kier molecular flexibility index (Phi) is 12.5. The van der Waals surface area contributed by atoms with E-state index in [-0.39, 0.29) is 47.4 Å². The summed E-state index contributed by atoms with van der Waals surface area (Å²) in [5.41, 5.74) is 5.05. The average Bonchev–Trinajstić information content (AvgIpc) is 2.02. The summed E-state index contributed by atoms with van der Waals surface area (Å²) in [5.74, 6) is -3.02. The molecule has 0 rings (SSSR count). The molecule has 0 aliphatic heterocycles. The number of rotatable bonds is 3. The van der Waals surface area contributed by atoms with Crippen molar-refractivity contribution < 1.29 is 57.4 Å². The Balaban J connectivity index is -0.000000224. The molecule has 0 spiro atoms. The largest absolute Gasteiger partial charge is 1.00 e. The van der Waals surface area contributed by atoms with Gasteiger partial charge in [0.05, 0.1) is 6.04 Å². The fourth-order valence-electron chi connectivity index (χ4n) is 0.804. The van der Waals surface area contributed by atoms with Gasteiger partial charge in [0.25, 0.3) is 0 Å². The van der Waals surface area contributed by atoms with Crippen LogP contribution in [-0.4, -0.2) is 31.1 Å². The van der Waals surface area contributed by atoms with Crippen LogP contribution in [0.4, 0.5) is 13.2 Å². The van der Waals surface area contributed by atoms with E-state index < -0.39 is 12.1 Å². The van der Waals surface area contributed by atoms with Crippen LogP contribution in [0.2, 0.25) is 0 Å². The third-order valence-corrected chi connectivity index (χ3v) is 1.52. The topological polar surface area (TPSA) is 95.2 Å². The predicted octanol–water partition coefficient (Wildman–Crippen LogP) is -3.98. The van der Waals surface area contributed by atoms with Crippen LogP contribution < -0.4 is 45.7 Å². The van der Waals surface area contributed by atoms with Crippen LogP contribution in [0.15, 0.2) is 0 Å². The molecule has 0 fully saturated rings. The molecule has 0 aromatic carbocycles. The van der Waals surface area contributed by atoms with Gasteiger partial charge in [0.1, 0.15) is 5.97 Å². The van der Waals surface area contributed by atoms with Crippen LogP contribution in [-0.2, 0) is 9.59 Å². The molecule has 1 atom stereocenters. The van der Waals surface area contributed by atoms with Gasteiger partial charge >= 0.3 is 35.7 Å². The summed E-state index contributed by atoms with van der Waals surface area (Å²) in [6.07, 6.45) is -5.19. The molecule has 0 aliphatic rings.